The van der Waals surface area contributed by atoms with Crippen molar-refractivity contribution >= 4 is 17.4 Å². The highest BCUT2D eigenvalue weighted by Gasteiger charge is 2.22. The zero-order valence-corrected chi connectivity index (χ0v) is 17.2. The highest BCUT2D eigenvalue weighted by atomic mass is 16.4. The molecule has 0 aliphatic heterocycles. The molecule has 2 rings (SSSR count). The molecule has 0 bridgehead atoms. The molecule has 2 N–H and O–H groups in total. The molecule has 2 aromatic carbocycles. The molecule has 0 aliphatic rings. The van der Waals surface area contributed by atoms with Gasteiger partial charge in [-0.1, -0.05) is 26.8 Å². The highest BCUT2D eigenvalue weighted by molar-refractivity contribution is 6.15. The number of carbonyl (C=O) groups excluding carboxylic acids is 1. The van der Waals surface area contributed by atoms with Crippen LogP contribution in [0.25, 0.3) is 0 Å². The summed E-state index contributed by atoms with van der Waals surface area (Å²) < 4.78 is 0. The van der Waals surface area contributed by atoms with Crippen LogP contribution in [-0.2, 0) is 6.42 Å². The van der Waals surface area contributed by atoms with Gasteiger partial charge in [-0.3, -0.25) is 4.79 Å². The maximum absolute atomic E-state index is 13.1. The van der Waals surface area contributed by atoms with E-state index in [1.165, 1.54) is 6.07 Å². The number of phenolic OH excluding ortho intramolecular Hbond substituents is 1. The van der Waals surface area contributed by atoms with E-state index in [1.807, 2.05) is 13.8 Å². The predicted octanol–water partition coefficient (Wildman–Crippen LogP) is 4.76. The molecule has 0 saturated heterocycles. The Morgan fingerprint density at radius 2 is 1.54 bits per heavy atom. The molecule has 0 aromatic heterocycles. The fourth-order valence-corrected chi connectivity index (χ4v) is 3.33. The van der Waals surface area contributed by atoms with E-state index >= 15 is 0 Å². The van der Waals surface area contributed by atoms with Crippen LogP contribution in [0.15, 0.2) is 36.4 Å². The van der Waals surface area contributed by atoms with Gasteiger partial charge in [-0.15, -0.1) is 0 Å². The molecule has 28 heavy (non-hydrogen) atoms. The molecular weight excluding hydrogens is 354 g/mol. The number of ketones is 1. The Hall–Kier alpha value is -2.82. The van der Waals surface area contributed by atoms with Crippen molar-refractivity contribution in [3.8, 4) is 5.75 Å². The molecule has 0 saturated carbocycles. The topological polar surface area (TPSA) is 77.8 Å². The zero-order chi connectivity index (χ0) is 21.1. The molecular formula is C23H29NO4. The Bertz CT molecular complexity index is 877. The van der Waals surface area contributed by atoms with Crippen molar-refractivity contribution < 1.29 is 19.8 Å². The van der Waals surface area contributed by atoms with Crippen molar-refractivity contribution in [2.75, 3.05) is 18.0 Å². The summed E-state index contributed by atoms with van der Waals surface area (Å²) in [6.45, 7) is 11.8. The van der Waals surface area contributed by atoms with Crippen LogP contribution in [0.2, 0.25) is 0 Å². The lowest BCUT2D eigenvalue weighted by Gasteiger charge is -2.22. The van der Waals surface area contributed by atoms with Crippen LogP contribution in [0.1, 0.15) is 66.5 Å². The van der Waals surface area contributed by atoms with E-state index < -0.39 is 11.8 Å². The van der Waals surface area contributed by atoms with E-state index in [-0.39, 0.29) is 27.9 Å². The van der Waals surface area contributed by atoms with Gasteiger partial charge in [-0.25, -0.2) is 4.79 Å². The molecule has 5 nitrogen and oxygen atoms in total. The standard InChI is InChI=1S/C23H29NO4/c1-6-24(7-2)16-9-11-18(20(25)13-16)21(26)19-12-15(14-23(3,4)5)8-10-17(19)22(27)28/h8-13,25H,6-7,14H2,1-5H3,(H,27,28). The second-order valence-electron chi connectivity index (χ2n) is 8.13. The average Bonchev–Trinajstić information content (AvgIpc) is 2.60. The predicted molar refractivity (Wildman–Crippen MR) is 112 cm³/mol. The van der Waals surface area contributed by atoms with Crippen molar-refractivity contribution in [2.45, 2.75) is 41.0 Å². The van der Waals surface area contributed by atoms with E-state index in [0.717, 1.165) is 24.3 Å². The lowest BCUT2D eigenvalue weighted by Crippen LogP contribution is -2.21. The molecule has 0 atom stereocenters. The summed E-state index contributed by atoms with van der Waals surface area (Å²) in [5.74, 6) is -1.80. The van der Waals surface area contributed by atoms with Crippen molar-refractivity contribution in [1.82, 2.24) is 0 Å². The molecule has 5 heteroatoms. The first kappa shape index (κ1) is 21.5. The first-order valence-electron chi connectivity index (χ1n) is 9.56. The number of carboxylic acids is 1. The second kappa shape index (κ2) is 8.46. The van der Waals surface area contributed by atoms with Gasteiger partial charge in [0.25, 0.3) is 0 Å². The quantitative estimate of drug-likeness (QED) is 0.674. The molecule has 0 aliphatic carbocycles. The summed E-state index contributed by atoms with van der Waals surface area (Å²) in [6.07, 6.45) is 0.708. The summed E-state index contributed by atoms with van der Waals surface area (Å²) in [5.41, 5.74) is 1.85. The van der Waals surface area contributed by atoms with Gasteiger partial charge < -0.3 is 15.1 Å². The van der Waals surface area contributed by atoms with E-state index in [2.05, 4.69) is 25.7 Å². The van der Waals surface area contributed by atoms with Gasteiger partial charge in [0.15, 0.2) is 5.78 Å². The Labute approximate surface area is 166 Å². The number of nitrogens with zero attached hydrogens (tertiary/aromatic N) is 1. The molecule has 0 amide bonds. The molecule has 0 heterocycles. The van der Waals surface area contributed by atoms with Gasteiger partial charge in [-0.05, 0) is 55.5 Å². The summed E-state index contributed by atoms with van der Waals surface area (Å²) in [4.78, 5) is 26.8. The SMILES string of the molecule is CCN(CC)c1ccc(C(=O)c2cc(CC(C)(C)C)ccc2C(=O)O)c(O)c1. The van der Waals surface area contributed by atoms with Crippen LogP contribution in [0.4, 0.5) is 5.69 Å². The van der Waals surface area contributed by atoms with Crippen molar-refractivity contribution in [2.24, 2.45) is 5.41 Å². The summed E-state index contributed by atoms with van der Waals surface area (Å²) in [5, 5.41) is 20.0. The number of carboxylic acid groups (broad SMARTS) is 1. The normalized spacial score (nSPS) is 11.3. The number of aromatic hydroxyl groups is 1. The lowest BCUT2D eigenvalue weighted by molar-refractivity contribution is 0.0692. The van der Waals surface area contributed by atoms with Crippen molar-refractivity contribution in [3.05, 3.63) is 58.7 Å². The molecule has 0 fully saturated rings. The molecule has 0 spiro atoms. The van der Waals surface area contributed by atoms with Crippen LogP contribution in [-0.4, -0.2) is 35.1 Å². The third-order valence-corrected chi connectivity index (χ3v) is 4.65. The summed E-state index contributed by atoms with van der Waals surface area (Å²) >= 11 is 0. The van der Waals surface area contributed by atoms with Crippen molar-refractivity contribution in [1.29, 1.82) is 0 Å². The second-order valence-corrected chi connectivity index (χ2v) is 8.13. The van der Waals surface area contributed by atoms with Crippen LogP contribution in [0.5, 0.6) is 5.75 Å². The van der Waals surface area contributed by atoms with Gasteiger partial charge >= 0.3 is 5.97 Å². The van der Waals surface area contributed by atoms with Crippen LogP contribution in [0, 0.1) is 5.41 Å². The van der Waals surface area contributed by atoms with Gasteiger partial charge in [0.1, 0.15) is 5.75 Å². The van der Waals surface area contributed by atoms with Crippen LogP contribution in [0.3, 0.4) is 0 Å². The maximum atomic E-state index is 13.1. The minimum absolute atomic E-state index is 0.00138. The van der Waals surface area contributed by atoms with Gasteiger partial charge in [-0.2, -0.15) is 0 Å². The highest BCUT2D eigenvalue weighted by Crippen LogP contribution is 2.29. The number of benzene rings is 2. The number of hydrogen-bond acceptors (Lipinski definition) is 4. The Morgan fingerprint density at radius 1 is 0.929 bits per heavy atom. The van der Waals surface area contributed by atoms with Crippen LogP contribution < -0.4 is 4.90 Å². The average molecular weight is 383 g/mol. The minimum atomic E-state index is -1.16. The van der Waals surface area contributed by atoms with E-state index in [1.54, 1.807) is 30.3 Å². The van der Waals surface area contributed by atoms with Crippen LogP contribution >= 0.6 is 0 Å². The Morgan fingerprint density at radius 3 is 2.04 bits per heavy atom. The van der Waals surface area contributed by atoms with Gasteiger partial charge in [0, 0.05) is 30.4 Å². The van der Waals surface area contributed by atoms with Gasteiger partial charge in [0.2, 0.25) is 0 Å². The summed E-state index contributed by atoms with van der Waals surface area (Å²) in [6, 6.07) is 9.74. The number of anilines is 1. The van der Waals surface area contributed by atoms with E-state index in [4.69, 9.17) is 0 Å². The fourth-order valence-electron chi connectivity index (χ4n) is 3.33. The molecule has 0 unspecified atom stereocenters. The van der Waals surface area contributed by atoms with Crippen molar-refractivity contribution in [3.63, 3.8) is 0 Å². The number of phenols is 1. The molecule has 150 valence electrons. The largest absolute Gasteiger partial charge is 0.507 e. The lowest BCUT2D eigenvalue weighted by atomic mass is 9.86. The van der Waals surface area contributed by atoms with E-state index in [9.17, 15) is 19.8 Å². The zero-order valence-electron chi connectivity index (χ0n) is 17.2. The Kier molecular flexibility index (Phi) is 6.49. The molecule has 0 radical (unpaired) electrons. The first-order chi connectivity index (χ1) is 13.1. The Balaban J connectivity index is 2.50. The first-order valence-corrected chi connectivity index (χ1v) is 9.56. The third kappa shape index (κ3) is 4.91. The minimum Gasteiger partial charge on any atom is -0.507 e. The maximum Gasteiger partial charge on any atom is 0.336 e. The monoisotopic (exact) mass is 383 g/mol. The van der Waals surface area contributed by atoms with Gasteiger partial charge in [0.05, 0.1) is 11.1 Å². The number of hydrogen-bond donors (Lipinski definition) is 2. The third-order valence-electron chi connectivity index (χ3n) is 4.65. The fraction of sp³-hybridized carbons (Fsp3) is 0.391. The molecule has 2 aromatic rings. The number of rotatable bonds is 7. The van der Waals surface area contributed by atoms with E-state index in [0.29, 0.717) is 6.42 Å². The number of carbonyl (C=O) groups is 2. The number of aromatic carboxylic acids is 1. The smallest absolute Gasteiger partial charge is 0.336 e. The summed E-state index contributed by atoms with van der Waals surface area (Å²) in [7, 11) is 0.